The van der Waals surface area contributed by atoms with Crippen molar-refractivity contribution in [2.45, 2.75) is 26.7 Å². The second kappa shape index (κ2) is 7.19. The highest BCUT2D eigenvalue weighted by molar-refractivity contribution is 5.92. The van der Waals surface area contributed by atoms with Crippen LogP contribution in [0.1, 0.15) is 35.9 Å². The minimum Gasteiger partial charge on any atom is -0.378 e. The third-order valence-electron chi connectivity index (χ3n) is 3.18. The molecule has 6 heteroatoms. The fourth-order valence-electron chi connectivity index (χ4n) is 2.04. The zero-order valence-corrected chi connectivity index (χ0v) is 12.2. The lowest BCUT2D eigenvalue weighted by atomic mass is 10.3. The van der Waals surface area contributed by atoms with Crippen LogP contribution in [0.15, 0.2) is 6.07 Å². The molecule has 0 spiro atoms. The van der Waals surface area contributed by atoms with Crippen molar-refractivity contribution >= 4 is 11.9 Å². The van der Waals surface area contributed by atoms with E-state index in [-0.39, 0.29) is 5.91 Å². The molecule has 6 nitrogen and oxygen atoms in total. The Morgan fingerprint density at radius 2 is 2.15 bits per heavy atom. The molecular formula is C14H22N4O2. The minimum atomic E-state index is -0.126. The number of hydrogen-bond donors (Lipinski definition) is 1. The van der Waals surface area contributed by atoms with Gasteiger partial charge in [-0.15, -0.1) is 0 Å². The number of morpholine rings is 1. The molecule has 2 rings (SSSR count). The van der Waals surface area contributed by atoms with Crippen molar-refractivity contribution in [2.24, 2.45) is 0 Å². The molecule has 1 saturated heterocycles. The molecule has 1 N–H and O–H groups in total. The van der Waals surface area contributed by atoms with Crippen LogP contribution in [0.2, 0.25) is 0 Å². The zero-order valence-electron chi connectivity index (χ0n) is 12.2. The highest BCUT2D eigenvalue weighted by atomic mass is 16.5. The summed E-state index contributed by atoms with van der Waals surface area (Å²) in [6.45, 7) is 7.54. The van der Waals surface area contributed by atoms with Crippen molar-refractivity contribution in [3.05, 3.63) is 17.5 Å². The van der Waals surface area contributed by atoms with Crippen molar-refractivity contribution in [1.29, 1.82) is 0 Å². The van der Waals surface area contributed by atoms with Crippen molar-refractivity contribution in [2.75, 3.05) is 37.7 Å². The fraction of sp³-hybridized carbons (Fsp3) is 0.643. The Balaban J connectivity index is 2.09. The molecule has 0 radical (unpaired) electrons. The van der Waals surface area contributed by atoms with Gasteiger partial charge in [0.25, 0.3) is 5.91 Å². The van der Waals surface area contributed by atoms with E-state index in [2.05, 4.69) is 27.1 Å². The Hall–Kier alpha value is -1.69. The van der Waals surface area contributed by atoms with Crippen LogP contribution < -0.4 is 10.2 Å². The number of aromatic nitrogens is 2. The summed E-state index contributed by atoms with van der Waals surface area (Å²) in [5, 5.41) is 2.88. The molecule has 1 aliphatic rings. The fourth-order valence-corrected chi connectivity index (χ4v) is 2.04. The number of unbranched alkanes of at least 4 members (excludes halogenated alkanes) is 1. The molecule has 2 heterocycles. The van der Waals surface area contributed by atoms with E-state index < -0.39 is 0 Å². The van der Waals surface area contributed by atoms with Crippen LogP contribution in [0.5, 0.6) is 0 Å². The molecule has 20 heavy (non-hydrogen) atoms. The Kier molecular flexibility index (Phi) is 5.29. The number of ether oxygens (including phenoxy) is 1. The van der Waals surface area contributed by atoms with E-state index in [9.17, 15) is 4.79 Å². The van der Waals surface area contributed by atoms with E-state index in [1.807, 2.05) is 6.92 Å². The molecule has 1 aliphatic heterocycles. The molecule has 1 aromatic heterocycles. The molecule has 1 fully saturated rings. The number of carbonyl (C=O) groups is 1. The predicted molar refractivity (Wildman–Crippen MR) is 77.0 cm³/mol. The molecule has 0 atom stereocenters. The van der Waals surface area contributed by atoms with Gasteiger partial charge in [0.15, 0.2) is 0 Å². The number of nitrogens with one attached hydrogen (secondary N) is 1. The summed E-state index contributed by atoms with van der Waals surface area (Å²) in [6.07, 6.45) is 2.04. The molecule has 0 saturated carbocycles. The standard InChI is InChI=1S/C14H22N4O2/c1-3-4-5-15-13(19)12-10-11(2)16-14(17-12)18-6-8-20-9-7-18/h10H,3-9H2,1-2H3,(H,15,19). The SMILES string of the molecule is CCCCNC(=O)c1cc(C)nc(N2CCOCC2)n1. The van der Waals surface area contributed by atoms with E-state index in [0.29, 0.717) is 31.4 Å². The molecule has 0 unspecified atom stereocenters. The Bertz CT molecular complexity index is 458. The van der Waals surface area contributed by atoms with Gasteiger partial charge in [0.1, 0.15) is 5.69 Å². The molecule has 110 valence electrons. The normalized spacial score (nSPS) is 15.2. The topological polar surface area (TPSA) is 67.4 Å². The lowest BCUT2D eigenvalue weighted by Gasteiger charge is -2.27. The van der Waals surface area contributed by atoms with Crippen LogP contribution in [0.4, 0.5) is 5.95 Å². The Morgan fingerprint density at radius 1 is 1.40 bits per heavy atom. The maximum atomic E-state index is 12.1. The average Bonchev–Trinajstić information content (AvgIpc) is 2.47. The van der Waals surface area contributed by atoms with Gasteiger partial charge in [-0.2, -0.15) is 0 Å². The van der Waals surface area contributed by atoms with Crippen molar-refractivity contribution in [3.63, 3.8) is 0 Å². The Morgan fingerprint density at radius 3 is 2.85 bits per heavy atom. The minimum absolute atomic E-state index is 0.126. The predicted octanol–water partition coefficient (Wildman–Crippen LogP) is 1.15. The largest absolute Gasteiger partial charge is 0.378 e. The lowest BCUT2D eigenvalue weighted by molar-refractivity contribution is 0.0947. The van der Waals surface area contributed by atoms with Crippen LogP contribution in [-0.2, 0) is 4.74 Å². The van der Waals surface area contributed by atoms with Gasteiger partial charge in [-0.25, -0.2) is 9.97 Å². The number of nitrogens with zero attached hydrogens (tertiary/aromatic N) is 3. The molecule has 0 aliphatic carbocycles. The van der Waals surface area contributed by atoms with Crippen molar-refractivity contribution < 1.29 is 9.53 Å². The quantitative estimate of drug-likeness (QED) is 0.818. The smallest absolute Gasteiger partial charge is 0.270 e. The maximum absolute atomic E-state index is 12.1. The van der Waals surface area contributed by atoms with Crippen LogP contribution in [0.3, 0.4) is 0 Å². The maximum Gasteiger partial charge on any atom is 0.270 e. The number of anilines is 1. The molecule has 1 amide bonds. The molecular weight excluding hydrogens is 256 g/mol. The van der Waals surface area contributed by atoms with E-state index in [1.54, 1.807) is 6.07 Å². The molecule has 0 aromatic carbocycles. The van der Waals surface area contributed by atoms with Crippen LogP contribution in [0, 0.1) is 6.92 Å². The van der Waals surface area contributed by atoms with Gasteiger partial charge in [-0.05, 0) is 19.4 Å². The number of amides is 1. The van der Waals surface area contributed by atoms with Gasteiger partial charge in [0.2, 0.25) is 5.95 Å². The van der Waals surface area contributed by atoms with Gasteiger partial charge < -0.3 is 15.0 Å². The van der Waals surface area contributed by atoms with E-state index in [1.165, 1.54) is 0 Å². The lowest BCUT2D eigenvalue weighted by Crippen LogP contribution is -2.38. The summed E-state index contributed by atoms with van der Waals surface area (Å²) in [5.74, 6) is 0.493. The third-order valence-corrected chi connectivity index (χ3v) is 3.18. The summed E-state index contributed by atoms with van der Waals surface area (Å²) >= 11 is 0. The first-order valence-electron chi connectivity index (χ1n) is 7.17. The Labute approximate surface area is 119 Å². The summed E-state index contributed by atoms with van der Waals surface area (Å²) in [7, 11) is 0. The van der Waals surface area contributed by atoms with Crippen LogP contribution in [0.25, 0.3) is 0 Å². The third kappa shape index (κ3) is 3.90. The van der Waals surface area contributed by atoms with Gasteiger partial charge in [0, 0.05) is 25.3 Å². The highest BCUT2D eigenvalue weighted by Gasteiger charge is 2.17. The molecule has 1 aromatic rings. The molecule has 0 bridgehead atoms. The second-order valence-corrected chi connectivity index (χ2v) is 4.90. The van der Waals surface area contributed by atoms with E-state index in [4.69, 9.17) is 4.74 Å². The van der Waals surface area contributed by atoms with Gasteiger partial charge in [-0.1, -0.05) is 13.3 Å². The summed E-state index contributed by atoms with van der Waals surface area (Å²) in [6, 6.07) is 1.73. The van der Waals surface area contributed by atoms with Crippen LogP contribution in [-0.4, -0.2) is 48.7 Å². The van der Waals surface area contributed by atoms with Crippen molar-refractivity contribution in [1.82, 2.24) is 15.3 Å². The summed E-state index contributed by atoms with van der Waals surface area (Å²) in [5.41, 5.74) is 1.25. The summed E-state index contributed by atoms with van der Waals surface area (Å²) in [4.78, 5) is 22.9. The first-order valence-corrected chi connectivity index (χ1v) is 7.17. The number of carbonyl (C=O) groups excluding carboxylic acids is 1. The number of hydrogen-bond acceptors (Lipinski definition) is 5. The van der Waals surface area contributed by atoms with Gasteiger partial charge >= 0.3 is 0 Å². The number of rotatable bonds is 5. The van der Waals surface area contributed by atoms with Crippen molar-refractivity contribution in [3.8, 4) is 0 Å². The second-order valence-electron chi connectivity index (χ2n) is 4.90. The first-order chi connectivity index (χ1) is 9.70. The van der Waals surface area contributed by atoms with Gasteiger partial charge in [0.05, 0.1) is 13.2 Å². The van der Waals surface area contributed by atoms with E-state index in [0.717, 1.165) is 31.6 Å². The van der Waals surface area contributed by atoms with Crippen LogP contribution >= 0.6 is 0 Å². The monoisotopic (exact) mass is 278 g/mol. The average molecular weight is 278 g/mol. The van der Waals surface area contributed by atoms with Gasteiger partial charge in [-0.3, -0.25) is 4.79 Å². The first kappa shape index (κ1) is 14.7. The summed E-state index contributed by atoms with van der Waals surface area (Å²) < 4.78 is 5.32. The zero-order chi connectivity index (χ0) is 14.4. The van der Waals surface area contributed by atoms with E-state index >= 15 is 0 Å². The highest BCUT2D eigenvalue weighted by Crippen LogP contribution is 2.12. The number of aryl methyl sites for hydroxylation is 1.